The molecule has 2 rings (SSSR count). The second-order valence-electron chi connectivity index (χ2n) is 4.18. The number of furan rings is 1. The van der Waals surface area contributed by atoms with Crippen LogP contribution < -0.4 is 10.9 Å². The summed E-state index contributed by atoms with van der Waals surface area (Å²) >= 11 is 0. The first kappa shape index (κ1) is 14.8. The number of carbonyl (C=O) groups excluding carboxylic acids is 2. The number of sulfone groups is 1. The maximum Gasteiger partial charge on any atom is 0.305 e. The van der Waals surface area contributed by atoms with Gasteiger partial charge in [-0.05, 0) is 36.4 Å². The molecule has 0 radical (unpaired) electrons. The molecule has 21 heavy (non-hydrogen) atoms. The molecule has 0 saturated carbocycles. The predicted octanol–water partition coefficient (Wildman–Crippen LogP) is 0.758. The average Bonchev–Trinajstić information content (AvgIpc) is 2.98. The molecule has 0 aliphatic carbocycles. The molecule has 2 N–H and O–H groups in total. The van der Waals surface area contributed by atoms with Crippen molar-refractivity contribution in [1.29, 1.82) is 0 Å². The highest BCUT2D eigenvalue weighted by Crippen LogP contribution is 2.10. The van der Waals surface area contributed by atoms with E-state index < -0.39 is 21.7 Å². The maximum atomic E-state index is 11.8. The molecule has 1 aromatic heterocycles. The van der Waals surface area contributed by atoms with Gasteiger partial charge in [-0.2, -0.15) is 0 Å². The third-order valence-electron chi connectivity index (χ3n) is 2.58. The summed E-state index contributed by atoms with van der Waals surface area (Å²) in [6, 6.07) is 8.33. The Kier molecular flexibility index (Phi) is 4.08. The molecule has 0 aliphatic heterocycles. The first-order valence-corrected chi connectivity index (χ1v) is 7.71. The lowest BCUT2D eigenvalue weighted by molar-refractivity contribution is 0.0831. The van der Waals surface area contributed by atoms with Gasteiger partial charge in [0.15, 0.2) is 15.6 Å². The number of hydrogen-bond donors (Lipinski definition) is 2. The summed E-state index contributed by atoms with van der Waals surface area (Å²) < 4.78 is 27.4. The minimum Gasteiger partial charge on any atom is -0.459 e. The van der Waals surface area contributed by atoms with Crippen molar-refractivity contribution in [3.05, 3.63) is 54.0 Å². The molecule has 0 fully saturated rings. The zero-order chi connectivity index (χ0) is 15.5. The van der Waals surface area contributed by atoms with Crippen LogP contribution in [0, 0.1) is 0 Å². The van der Waals surface area contributed by atoms with Gasteiger partial charge in [0.25, 0.3) is 5.91 Å². The zero-order valence-corrected chi connectivity index (χ0v) is 11.8. The van der Waals surface area contributed by atoms with Crippen LogP contribution >= 0.6 is 0 Å². The van der Waals surface area contributed by atoms with E-state index in [0.29, 0.717) is 0 Å². The third-order valence-corrected chi connectivity index (χ3v) is 3.71. The summed E-state index contributed by atoms with van der Waals surface area (Å²) in [5.41, 5.74) is 4.59. The van der Waals surface area contributed by atoms with Crippen LogP contribution in [-0.2, 0) is 9.84 Å². The fraction of sp³-hybridized carbons (Fsp3) is 0.0769. The summed E-state index contributed by atoms with van der Waals surface area (Å²) in [4.78, 5) is 23.4. The van der Waals surface area contributed by atoms with Crippen molar-refractivity contribution in [3.8, 4) is 0 Å². The molecule has 0 bridgehead atoms. The number of hydrogen-bond acceptors (Lipinski definition) is 5. The Morgan fingerprint density at radius 2 is 1.62 bits per heavy atom. The fourth-order valence-electron chi connectivity index (χ4n) is 1.51. The van der Waals surface area contributed by atoms with E-state index in [2.05, 4.69) is 10.9 Å². The van der Waals surface area contributed by atoms with E-state index in [-0.39, 0.29) is 16.2 Å². The largest absolute Gasteiger partial charge is 0.459 e. The van der Waals surface area contributed by atoms with E-state index in [0.717, 1.165) is 6.26 Å². The molecule has 0 spiro atoms. The normalized spacial score (nSPS) is 10.9. The lowest BCUT2D eigenvalue weighted by atomic mass is 10.2. The second-order valence-corrected chi connectivity index (χ2v) is 6.20. The number of hydrazine groups is 1. The molecule has 8 heteroatoms. The SMILES string of the molecule is CS(=O)(=O)c1ccc(C(=O)NNC(=O)c2ccco2)cc1. The van der Waals surface area contributed by atoms with E-state index >= 15 is 0 Å². The number of nitrogens with one attached hydrogen (secondary N) is 2. The predicted molar refractivity (Wildman–Crippen MR) is 73.2 cm³/mol. The Labute approximate surface area is 120 Å². The molecule has 1 aromatic carbocycles. The van der Waals surface area contributed by atoms with Crippen LogP contribution in [0.2, 0.25) is 0 Å². The number of carbonyl (C=O) groups is 2. The van der Waals surface area contributed by atoms with Crippen LogP contribution in [0.15, 0.2) is 52.0 Å². The lowest BCUT2D eigenvalue weighted by Crippen LogP contribution is -2.41. The van der Waals surface area contributed by atoms with Crippen LogP contribution in [0.3, 0.4) is 0 Å². The number of amides is 2. The number of benzene rings is 1. The highest BCUT2D eigenvalue weighted by molar-refractivity contribution is 7.90. The molecule has 0 saturated heterocycles. The Bertz CT molecular complexity index is 748. The second kappa shape index (κ2) is 5.80. The van der Waals surface area contributed by atoms with Gasteiger partial charge in [-0.25, -0.2) is 8.42 Å². The van der Waals surface area contributed by atoms with E-state index in [1.807, 2.05) is 0 Å². The van der Waals surface area contributed by atoms with Crippen LogP contribution in [0.1, 0.15) is 20.9 Å². The quantitative estimate of drug-likeness (QED) is 0.814. The molecule has 2 aromatic rings. The minimum atomic E-state index is -3.31. The van der Waals surface area contributed by atoms with Crippen LogP contribution in [0.5, 0.6) is 0 Å². The third kappa shape index (κ3) is 3.69. The molecule has 0 atom stereocenters. The Hall–Kier alpha value is -2.61. The Balaban J connectivity index is 1.99. The van der Waals surface area contributed by atoms with Crippen molar-refractivity contribution in [3.63, 3.8) is 0 Å². The zero-order valence-electron chi connectivity index (χ0n) is 11.0. The summed E-state index contributed by atoms with van der Waals surface area (Å²) in [6.07, 6.45) is 2.41. The highest BCUT2D eigenvalue weighted by atomic mass is 32.2. The Morgan fingerprint density at radius 1 is 1.00 bits per heavy atom. The van der Waals surface area contributed by atoms with E-state index in [9.17, 15) is 18.0 Å². The van der Waals surface area contributed by atoms with Gasteiger partial charge in [-0.15, -0.1) is 0 Å². The van der Waals surface area contributed by atoms with Crippen LogP contribution in [0.4, 0.5) is 0 Å². The van der Waals surface area contributed by atoms with Gasteiger partial charge in [0, 0.05) is 11.8 Å². The standard InChI is InChI=1S/C13H12N2O5S/c1-21(18,19)10-6-4-9(5-7-10)12(16)14-15-13(17)11-3-2-8-20-11/h2-8H,1H3,(H,14,16)(H,15,17). The van der Waals surface area contributed by atoms with Crippen LogP contribution in [-0.4, -0.2) is 26.5 Å². The lowest BCUT2D eigenvalue weighted by Gasteiger charge is -2.06. The average molecular weight is 308 g/mol. The molecule has 2 amide bonds. The molecule has 110 valence electrons. The topological polar surface area (TPSA) is 105 Å². The Morgan fingerprint density at radius 3 is 2.14 bits per heavy atom. The van der Waals surface area contributed by atoms with Crippen molar-refractivity contribution < 1.29 is 22.4 Å². The van der Waals surface area contributed by atoms with Crippen LogP contribution in [0.25, 0.3) is 0 Å². The molecule has 0 aliphatic rings. The van der Waals surface area contributed by atoms with Crippen molar-refractivity contribution in [2.24, 2.45) is 0 Å². The van der Waals surface area contributed by atoms with Crippen molar-refractivity contribution in [2.45, 2.75) is 4.90 Å². The van der Waals surface area contributed by atoms with Crippen molar-refractivity contribution in [1.82, 2.24) is 10.9 Å². The molecule has 0 unspecified atom stereocenters. The van der Waals surface area contributed by atoms with Crippen molar-refractivity contribution in [2.75, 3.05) is 6.26 Å². The molecular weight excluding hydrogens is 296 g/mol. The smallest absolute Gasteiger partial charge is 0.305 e. The maximum absolute atomic E-state index is 11.8. The van der Waals surface area contributed by atoms with E-state index in [1.165, 1.54) is 36.6 Å². The monoisotopic (exact) mass is 308 g/mol. The number of rotatable bonds is 3. The summed E-state index contributed by atoms with van der Waals surface area (Å²) in [5, 5.41) is 0. The van der Waals surface area contributed by atoms with Crippen molar-refractivity contribution >= 4 is 21.7 Å². The van der Waals surface area contributed by atoms with Gasteiger partial charge in [-0.3, -0.25) is 20.4 Å². The van der Waals surface area contributed by atoms with E-state index in [4.69, 9.17) is 4.42 Å². The molecule has 1 heterocycles. The minimum absolute atomic E-state index is 0.0581. The molecular formula is C13H12N2O5S. The van der Waals surface area contributed by atoms with Gasteiger partial charge in [0.05, 0.1) is 11.2 Å². The van der Waals surface area contributed by atoms with Gasteiger partial charge in [-0.1, -0.05) is 0 Å². The van der Waals surface area contributed by atoms with Gasteiger partial charge in [0.2, 0.25) is 0 Å². The highest BCUT2D eigenvalue weighted by Gasteiger charge is 2.12. The van der Waals surface area contributed by atoms with Gasteiger partial charge < -0.3 is 4.42 Å². The first-order chi connectivity index (χ1) is 9.88. The fourth-order valence-corrected chi connectivity index (χ4v) is 2.14. The summed E-state index contributed by atoms with van der Waals surface area (Å²) in [5.74, 6) is -1.11. The van der Waals surface area contributed by atoms with Gasteiger partial charge in [0.1, 0.15) is 0 Å². The van der Waals surface area contributed by atoms with Gasteiger partial charge >= 0.3 is 5.91 Å². The van der Waals surface area contributed by atoms with E-state index in [1.54, 1.807) is 6.07 Å². The first-order valence-electron chi connectivity index (χ1n) is 5.82. The summed E-state index contributed by atoms with van der Waals surface area (Å²) in [7, 11) is -3.31. The molecule has 7 nitrogen and oxygen atoms in total. The summed E-state index contributed by atoms with van der Waals surface area (Å²) in [6.45, 7) is 0.